The van der Waals surface area contributed by atoms with Crippen LogP contribution in [0.1, 0.15) is 13.8 Å². The summed E-state index contributed by atoms with van der Waals surface area (Å²) >= 11 is 0. The zero-order chi connectivity index (χ0) is 13.7. The van der Waals surface area contributed by atoms with E-state index in [1.807, 2.05) is 27.9 Å². The number of carboxylic acid groups (broad SMARTS) is 1. The lowest BCUT2D eigenvalue weighted by molar-refractivity contribution is -0.135. The van der Waals surface area contributed by atoms with E-state index in [0.717, 1.165) is 0 Å². The first-order valence-corrected chi connectivity index (χ1v) is 5.87. The number of rotatable bonds is 6. The van der Waals surface area contributed by atoms with Gasteiger partial charge in [-0.2, -0.15) is 4.98 Å². The molecule has 0 saturated heterocycles. The van der Waals surface area contributed by atoms with Crippen molar-refractivity contribution in [2.24, 2.45) is 5.92 Å². The number of aromatic nitrogens is 2. The van der Waals surface area contributed by atoms with Gasteiger partial charge in [-0.15, -0.1) is 0 Å². The average Bonchev–Trinajstić information content (AvgIpc) is 2.27. The quantitative estimate of drug-likeness (QED) is 0.817. The van der Waals surface area contributed by atoms with Crippen LogP contribution in [0.5, 0.6) is 0 Å². The van der Waals surface area contributed by atoms with Gasteiger partial charge in [0.05, 0.1) is 0 Å². The molecule has 0 saturated carbocycles. The van der Waals surface area contributed by atoms with Crippen molar-refractivity contribution in [2.75, 3.05) is 37.0 Å². The Morgan fingerprint density at radius 2 is 2.11 bits per heavy atom. The van der Waals surface area contributed by atoms with Crippen LogP contribution in [0.3, 0.4) is 0 Å². The third kappa shape index (κ3) is 4.20. The Morgan fingerprint density at radius 3 is 2.61 bits per heavy atom. The summed E-state index contributed by atoms with van der Waals surface area (Å²) in [6.45, 7) is 4.68. The van der Waals surface area contributed by atoms with E-state index in [1.165, 1.54) is 0 Å². The molecule has 0 spiro atoms. The van der Waals surface area contributed by atoms with Crippen molar-refractivity contribution in [3.8, 4) is 0 Å². The second-order valence-electron chi connectivity index (χ2n) is 4.78. The first kappa shape index (κ1) is 14.2. The van der Waals surface area contributed by atoms with Gasteiger partial charge in [-0.3, -0.25) is 4.79 Å². The summed E-state index contributed by atoms with van der Waals surface area (Å²) < 4.78 is 0. The monoisotopic (exact) mass is 252 g/mol. The van der Waals surface area contributed by atoms with Crippen LogP contribution in [-0.4, -0.2) is 48.2 Å². The normalized spacial score (nSPS) is 10.5. The molecule has 0 fully saturated rings. The molecule has 18 heavy (non-hydrogen) atoms. The maximum atomic E-state index is 10.9. The molecule has 0 bridgehead atoms. The van der Waals surface area contributed by atoms with Gasteiger partial charge in [-0.05, 0) is 12.0 Å². The fourth-order valence-corrected chi connectivity index (χ4v) is 1.57. The molecule has 1 aromatic rings. The molecular weight excluding hydrogens is 232 g/mol. The summed E-state index contributed by atoms with van der Waals surface area (Å²) in [5.74, 6) is 0.722. The highest BCUT2D eigenvalue weighted by Crippen LogP contribution is 2.15. The van der Waals surface area contributed by atoms with Gasteiger partial charge in [-0.1, -0.05) is 13.8 Å². The minimum absolute atomic E-state index is 0.0535. The van der Waals surface area contributed by atoms with Gasteiger partial charge in [-0.25, -0.2) is 4.98 Å². The molecule has 0 aliphatic heterocycles. The second kappa shape index (κ2) is 6.18. The van der Waals surface area contributed by atoms with Crippen LogP contribution in [0.4, 0.5) is 11.8 Å². The Morgan fingerprint density at radius 1 is 1.44 bits per heavy atom. The van der Waals surface area contributed by atoms with Crippen LogP contribution in [0.2, 0.25) is 0 Å². The standard InChI is InChI=1S/C12H20N4O2/c1-9(2)7-16(8-11(17)18)10-5-6-13-12(14-10)15(3)4/h5-6,9H,7-8H2,1-4H3,(H,17,18). The first-order valence-electron chi connectivity index (χ1n) is 5.87. The number of carboxylic acids is 1. The minimum atomic E-state index is -0.860. The Hall–Kier alpha value is -1.85. The summed E-state index contributed by atoms with van der Waals surface area (Å²) in [5.41, 5.74) is 0. The summed E-state index contributed by atoms with van der Waals surface area (Å²) in [4.78, 5) is 22.9. The molecule has 0 aliphatic carbocycles. The average molecular weight is 252 g/mol. The van der Waals surface area contributed by atoms with Crippen LogP contribution in [-0.2, 0) is 4.79 Å². The first-order chi connectivity index (χ1) is 8.40. The summed E-state index contributed by atoms with van der Waals surface area (Å²) in [7, 11) is 3.70. The highest BCUT2D eigenvalue weighted by molar-refractivity contribution is 5.73. The zero-order valence-electron chi connectivity index (χ0n) is 11.3. The molecule has 6 heteroatoms. The Bertz CT molecular complexity index is 407. The third-order valence-electron chi connectivity index (χ3n) is 2.26. The van der Waals surface area contributed by atoms with Crippen molar-refractivity contribution in [1.29, 1.82) is 0 Å². The van der Waals surface area contributed by atoms with Crippen LogP contribution in [0, 0.1) is 5.92 Å². The maximum absolute atomic E-state index is 10.9. The molecule has 6 nitrogen and oxygen atoms in total. The van der Waals surface area contributed by atoms with E-state index >= 15 is 0 Å². The highest BCUT2D eigenvalue weighted by atomic mass is 16.4. The van der Waals surface area contributed by atoms with Crippen molar-refractivity contribution in [2.45, 2.75) is 13.8 Å². The third-order valence-corrected chi connectivity index (χ3v) is 2.26. The van der Waals surface area contributed by atoms with Gasteiger partial charge in [0.1, 0.15) is 12.4 Å². The number of nitrogens with zero attached hydrogens (tertiary/aromatic N) is 4. The Kier molecular flexibility index (Phi) is 4.88. The van der Waals surface area contributed by atoms with Gasteiger partial charge < -0.3 is 14.9 Å². The number of anilines is 2. The van der Waals surface area contributed by atoms with Gasteiger partial charge in [0.15, 0.2) is 0 Å². The largest absolute Gasteiger partial charge is 0.480 e. The van der Waals surface area contributed by atoms with Crippen molar-refractivity contribution >= 4 is 17.7 Å². The lowest BCUT2D eigenvalue weighted by Crippen LogP contribution is -2.34. The predicted octanol–water partition coefficient (Wildman–Crippen LogP) is 1.09. The molecule has 100 valence electrons. The van der Waals surface area contributed by atoms with Crippen molar-refractivity contribution < 1.29 is 9.90 Å². The van der Waals surface area contributed by atoms with Gasteiger partial charge >= 0.3 is 5.97 Å². The predicted molar refractivity (Wildman–Crippen MR) is 71.0 cm³/mol. The van der Waals surface area contributed by atoms with E-state index in [1.54, 1.807) is 22.1 Å². The molecule has 1 heterocycles. The molecule has 1 aromatic heterocycles. The SMILES string of the molecule is CC(C)CN(CC(=O)O)c1ccnc(N(C)C)n1. The van der Waals surface area contributed by atoms with Crippen LogP contribution in [0.15, 0.2) is 12.3 Å². The fraction of sp³-hybridized carbons (Fsp3) is 0.583. The molecule has 0 aromatic carbocycles. The summed E-state index contributed by atoms with van der Waals surface area (Å²) in [6, 6.07) is 1.73. The van der Waals surface area contributed by atoms with Gasteiger partial charge in [0.2, 0.25) is 5.95 Å². The number of carbonyl (C=O) groups is 1. The lowest BCUT2D eigenvalue weighted by Gasteiger charge is -2.24. The van der Waals surface area contributed by atoms with E-state index in [-0.39, 0.29) is 6.54 Å². The summed E-state index contributed by atoms with van der Waals surface area (Å²) in [6.07, 6.45) is 1.65. The van der Waals surface area contributed by atoms with E-state index in [2.05, 4.69) is 9.97 Å². The van der Waals surface area contributed by atoms with E-state index < -0.39 is 5.97 Å². The van der Waals surface area contributed by atoms with Crippen LogP contribution < -0.4 is 9.80 Å². The topological polar surface area (TPSA) is 69.6 Å². The molecule has 0 aliphatic rings. The molecule has 1 N–H and O–H groups in total. The van der Waals surface area contributed by atoms with E-state index in [9.17, 15) is 4.79 Å². The van der Waals surface area contributed by atoms with Gasteiger partial charge in [0.25, 0.3) is 0 Å². The number of hydrogen-bond donors (Lipinski definition) is 1. The lowest BCUT2D eigenvalue weighted by atomic mass is 10.2. The highest BCUT2D eigenvalue weighted by Gasteiger charge is 2.14. The summed E-state index contributed by atoms with van der Waals surface area (Å²) in [5, 5.41) is 8.94. The molecular formula is C12H20N4O2. The smallest absolute Gasteiger partial charge is 0.323 e. The van der Waals surface area contributed by atoms with E-state index in [0.29, 0.717) is 24.2 Å². The molecule has 0 radical (unpaired) electrons. The van der Waals surface area contributed by atoms with E-state index in [4.69, 9.17) is 5.11 Å². The van der Waals surface area contributed by atoms with Crippen LogP contribution in [0.25, 0.3) is 0 Å². The Labute approximate surface area is 107 Å². The number of aliphatic carboxylic acids is 1. The fourth-order valence-electron chi connectivity index (χ4n) is 1.57. The molecule has 0 unspecified atom stereocenters. The zero-order valence-corrected chi connectivity index (χ0v) is 11.3. The van der Waals surface area contributed by atoms with Crippen molar-refractivity contribution in [3.05, 3.63) is 12.3 Å². The Balaban J connectivity index is 2.96. The maximum Gasteiger partial charge on any atom is 0.323 e. The molecule has 0 amide bonds. The van der Waals surface area contributed by atoms with Crippen LogP contribution >= 0.6 is 0 Å². The van der Waals surface area contributed by atoms with Crippen molar-refractivity contribution in [1.82, 2.24) is 9.97 Å². The number of hydrogen-bond acceptors (Lipinski definition) is 5. The van der Waals surface area contributed by atoms with Crippen molar-refractivity contribution in [3.63, 3.8) is 0 Å². The molecule has 0 atom stereocenters. The molecule has 1 rings (SSSR count). The minimum Gasteiger partial charge on any atom is -0.480 e. The van der Waals surface area contributed by atoms with Gasteiger partial charge in [0, 0.05) is 26.8 Å². The second-order valence-corrected chi connectivity index (χ2v) is 4.78.